The number of hydrogen-bond acceptors (Lipinski definition) is 2. The lowest BCUT2D eigenvalue weighted by Crippen LogP contribution is -2.19. The second-order valence-corrected chi connectivity index (χ2v) is 4.28. The largest absolute Gasteiger partial charge is 0.346 e. The van der Waals surface area contributed by atoms with Gasteiger partial charge in [-0.05, 0) is 42.7 Å². The van der Waals surface area contributed by atoms with Crippen molar-refractivity contribution in [2.45, 2.75) is 12.8 Å². The molecule has 0 saturated carbocycles. The Hall–Kier alpha value is -1.53. The van der Waals surface area contributed by atoms with Crippen LogP contribution in [0.2, 0.25) is 0 Å². The third kappa shape index (κ3) is 2.53. The van der Waals surface area contributed by atoms with E-state index in [1.165, 1.54) is 17.6 Å². The molecule has 0 N–H and O–H groups in total. The van der Waals surface area contributed by atoms with Gasteiger partial charge in [-0.2, -0.15) is 5.26 Å². The minimum Gasteiger partial charge on any atom is -0.346 e. The summed E-state index contributed by atoms with van der Waals surface area (Å²) >= 11 is 0. The van der Waals surface area contributed by atoms with Gasteiger partial charge in [0, 0.05) is 6.54 Å². The van der Waals surface area contributed by atoms with Crippen molar-refractivity contribution in [3.05, 3.63) is 41.5 Å². The zero-order valence-corrected chi connectivity index (χ0v) is 9.61. The lowest BCUT2D eigenvalue weighted by molar-refractivity contribution is 0.498. The highest BCUT2D eigenvalue weighted by molar-refractivity contribution is 6.04. The molecular weight excluding hydrogens is 195 g/mol. The summed E-state index contributed by atoms with van der Waals surface area (Å²) in [5.74, 6) is 0. The van der Waals surface area contributed by atoms with Crippen molar-refractivity contribution in [1.29, 1.82) is 5.26 Å². The third-order valence-electron chi connectivity index (χ3n) is 3.02. The Morgan fingerprint density at radius 1 is 1.25 bits per heavy atom. The summed E-state index contributed by atoms with van der Waals surface area (Å²) in [5, 5.41) is 8.75. The zero-order chi connectivity index (χ0) is 11.4. The average molecular weight is 210 g/mol. The van der Waals surface area contributed by atoms with E-state index < -0.39 is 0 Å². The molecule has 1 aromatic rings. The first-order valence-electron chi connectivity index (χ1n) is 5.68. The fourth-order valence-electron chi connectivity index (χ4n) is 2.02. The van der Waals surface area contributed by atoms with E-state index in [1.54, 1.807) is 0 Å². The van der Waals surface area contributed by atoms with Gasteiger partial charge in [0.2, 0.25) is 0 Å². The molecule has 1 aromatic carbocycles. The van der Waals surface area contributed by atoms with Gasteiger partial charge in [-0.15, -0.1) is 0 Å². The number of benzene rings is 1. The molecule has 2 rings (SSSR count). The monoisotopic (exact) mass is 210 g/mol. The van der Waals surface area contributed by atoms with Crippen molar-refractivity contribution in [3.63, 3.8) is 0 Å². The third-order valence-corrected chi connectivity index (χ3v) is 3.02. The molecule has 0 aromatic heterocycles. The Labute approximate surface area is 97.6 Å². The van der Waals surface area contributed by atoms with Gasteiger partial charge in [-0.25, -0.2) is 0 Å². The Balaban J connectivity index is 2.20. The van der Waals surface area contributed by atoms with Crippen molar-refractivity contribution in [3.8, 4) is 6.07 Å². The zero-order valence-electron chi connectivity index (χ0n) is 9.61. The van der Waals surface area contributed by atoms with E-state index in [0.717, 1.165) is 25.1 Å². The van der Waals surface area contributed by atoms with Crippen LogP contribution in [0.25, 0.3) is 5.57 Å². The molecule has 0 saturated heterocycles. The molecule has 3 heteroatoms. The highest BCUT2D eigenvalue weighted by atomic mass is 15.0. The molecule has 1 aliphatic rings. The van der Waals surface area contributed by atoms with E-state index >= 15 is 0 Å². The maximum Gasteiger partial charge on any atom is 0.185 e. The summed E-state index contributed by atoms with van der Waals surface area (Å²) in [6.45, 7) is 2.19. The van der Waals surface area contributed by atoms with Gasteiger partial charge in [0.25, 0.3) is 0 Å². The van der Waals surface area contributed by atoms with Crippen molar-refractivity contribution < 1.29 is 0 Å². The molecule has 80 valence electrons. The fraction of sp³-hybridized carbons (Fsp3) is 0.308. The highest BCUT2D eigenvalue weighted by Crippen LogP contribution is 2.22. The van der Waals surface area contributed by atoms with Gasteiger partial charge in [-0.1, -0.05) is 18.2 Å². The minimum absolute atomic E-state index is 0.732. The van der Waals surface area contributed by atoms with Crippen molar-refractivity contribution in [1.82, 2.24) is 4.81 Å². The van der Waals surface area contributed by atoms with E-state index in [9.17, 15) is 0 Å². The van der Waals surface area contributed by atoms with Crippen LogP contribution in [0.1, 0.15) is 24.0 Å². The van der Waals surface area contributed by atoms with Crippen molar-refractivity contribution >= 4 is 13.6 Å². The van der Waals surface area contributed by atoms with E-state index in [1.807, 2.05) is 12.1 Å². The second-order valence-electron chi connectivity index (χ2n) is 4.28. The van der Waals surface area contributed by atoms with Crippen LogP contribution in [0, 0.1) is 11.3 Å². The van der Waals surface area contributed by atoms with Gasteiger partial charge in [0.05, 0.1) is 11.6 Å². The predicted molar refractivity (Wildman–Crippen MR) is 68.5 cm³/mol. The van der Waals surface area contributed by atoms with E-state index in [4.69, 9.17) is 5.26 Å². The normalized spacial score (nSPS) is 17.3. The quantitative estimate of drug-likeness (QED) is 0.658. The SMILES string of the molecule is BN1CC=C(c2ccc(C#N)cc2)CCC1. The molecule has 0 aliphatic carbocycles. The Morgan fingerprint density at radius 2 is 2.00 bits per heavy atom. The number of hydrogen-bond donors (Lipinski definition) is 0. The molecule has 1 aliphatic heterocycles. The number of nitrogens with zero attached hydrogens (tertiary/aromatic N) is 2. The van der Waals surface area contributed by atoms with Crippen molar-refractivity contribution in [2.24, 2.45) is 0 Å². The van der Waals surface area contributed by atoms with Gasteiger partial charge in [-0.3, -0.25) is 0 Å². The Morgan fingerprint density at radius 3 is 2.69 bits per heavy atom. The summed E-state index contributed by atoms with van der Waals surface area (Å²) in [6.07, 6.45) is 4.65. The van der Waals surface area contributed by atoms with Crippen LogP contribution in [-0.2, 0) is 0 Å². The molecule has 0 bridgehead atoms. The molecule has 0 spiro atoms. The van der Waals surface area contributed by atoms with Gasteiger partial charge >= 0.3 is 0 Å². The number of allylic oxidation sites excluding steroid dienone is 1. The van der Waals surface area contributed by atoms with Crippen LogP contribution in [0.15, 0.2) is 30.3 Å². The smallest absolute Gasteiger partial charge is 0.185 e. The van der Waals surface area contributed by atoms with E-state index in [0.29, 0.717) is 0 Å². The maximum absolute atomic E-state index is 8.75. The Bertz CT molecular complexity index is 428. The van der Waals surface area contributed by atoms with Crippen LogP contribution in [0.5, 0.6) is 0 Å². The van der Waals surface area contributed by atoms with Crippen molar-refractivity contribution in [2.75, 3.05) is 13.1 Å². The number of nitriles is 1. The van der Waals surface area contributed by atoms with Crippen LogP contribution >= 0.6 is 0 Å². The van der Waals surface area contributed by atoms with Gasteiger partial charge in [0.1, 0.15) is 0 Å². The first-order chi connectivity index (χ1) is 7.79. The molecule has 0 unspecified atom stereocenters. The minimum atomic E-state index is 0.732. The topological polar surface area (TPSA) is 27.0 Å². The second kappa shape index (κ2) is 5.00. The molecule has 2 nitrogen and oxygen atoms in total. The summed E-state index contributed by atoms with van der Waals surface area (Å²) in [5.41, 5.74) is 3.40. The summed E-state index contributed by atoms with van der Waals surface area (Å²) in [7, 11) is 2.15. The molecule has 0 amide bonds. The Kier molecular flexibility index (Phi) is 3.43. The van der Waals surface area contributed by atoms with Gasteiger partial charge in [0.15, 0.2) is 7.98 Å². The molecule has 0 radical (unpaired) electrons. The van der Waals surface area contributed by atoms with Crippen LogP contribution in [0.3, 0.4) is 0 Å². The van der Waals surface area contributed by atoms with Gasteiger partial charge < -0.3 is 4.81 Å². The first kappa shape index (κ1) is 11.0. The van der Waals surface area contributed by atoms with Crippen LogP contribution in [0.4, 0.5) is 0 Å². The molecule has 1 heterocycles. The standard InChI is InChI=1S/C13H15BN2/c14-16-8-1-2-12(7-9-16)13-5-3-11(10-15)4-6-13/h3-7H,1-2,8-9,14H2. The molecular formula is C13H15BN2. The van der Waals surface area contributed by atoms with E-state index in [2.05, 4.69) is 37.1 Å². The number of rotatable bonds is 1. The average Bonchev–Trinajstić information content (AvgIpc) is 2.54. The first-order valence-corrected chi connectivity index (χ1v) is 5.68. The van der Waals surface area contributed by atoms with Crippen LogP contribution < -0.4 is 0 Å². The lowest BCUT2D eigenvalue weighted by Gasteiger charge is -2.09. The predicted octanol–water partition coefficient (Wildman–Crippen LogP) is 1.59. The van der Waals surface area contributed by atoms with Crippen LogP contribution in [-0.4, -0.2) is 25.9 Å². The highest BCUT2D eigenvalue weighted by Gasteiger charge is 2.07. The van der Waals surface area contributed by atoms with E-state index in [-0.39, 0.29) is 0 Å². The maximum atomic E-state index is 8.75. The summed E-state index contributed by atoms with van der Waals surface area (Å²) < 4.78 is 0. The molecule has 0 atom stereocenters. The summed E-state index contributed by atoms with van der Waals surface area (Å²) in [6, 6.07) is 10.0. The summed E-state index contributed by atoms with van der Waals surface area (Å²) in [4.78, 5) is 2.33. The lowest BCUT2D eigenvalue weighted by atomic mass is 10.0. The molecule has 16 heavy (non-hydrogen) atoms. The fourth-order valence-corrected chi connectivity index (χ4v) is 2.02. The molecule has 0 fully saturated rings.